The number of methoxy groups -OCH3 is 1. The van der Waals surface area contributed by atoms with Crippen molar-refractivity contribution in [3.05, 3.63) is 29.3 Å². The monoisotopic (exact) mass is 180 g/mol. The number of carboxylic acids is 1. The van der Waals surface area contributed by atoms with Gasteiger partial charge >= 0.3 is 5.97 Å². The van der Waals surface area contributed by atoms with E-state index in [0.717, 1.165) is 0 Å². The molecule has 0 aliphatic heterocycles. The lowest BCUT2D eigenvalue weighted by Gasteiger charge is -2.05. The van der Waals surface area contributed by atoms with Crippen molar-refractivity contribution in [2.24, 2.45) is 0 Å². The van der Waals surface area contributed by atoms with Crippen LogP contribution in [0.2, 0.25) is 0 Å². The number of rotatable bonds is 3. The Balaban J connectivity index is 3.38. The Bertz CT molecular complexity index is 343. The molecule has 0 bridgehead atoms. The maximum absolute atomic E-state index is 10.7. The van der Waals surface area contributed by atoms with Gasteiger partial charge in [-0.25, -0.2) is 4.79 Å². The van der Waals surface area contributed by atoms with E-state index in [4.69, 9.17) is 9.84 Å². The number of ether oxygens (including phenoxy) is 1. The number of hydrogen-bond donors (Lipinski definition) is 1. The molecule has 0 radical (unpaired) electrons. The smallest absolute Gasteiger partial charge is 0.340 e. The van der Waals surface area contributed by atoms with E-state index in [2.05, 4.69) is 0 Å². The molecular weight excluding hydrogens is 172 g/mol. The van der Waals surface area contributed by atoms with Gasteiger partial charge < -0.3 is 9.84 Å². The first-order valence-corrected chi connectivity index (χ1v) is 3.56. The van der Waals surface area contributed by atoms with Gasteiger partial charge in [0.15, 0.2) is 6.29 Å². The SMILES string of the molecule is COc1cccc(C=O)c1C(=O)O. The molecule has 0 aromatic heterocycles. The average molecular weight is 180 g/mol. The summed E-state index contributed by atoms with van der Waals surface area (Å²) in [6, 6.07) is 4.49. The van der Waals surface area contributed by atoms with E-state index >= 15 is 0 Å². The van der Waals surface area contributed by atoms with Crippen LogP contribution in [0.15, 0.2) is 18.2 Å². The Kier molecular flexibility index (Phi) is 2.64. The standard InChI is InChI=1S/C9H8O4/c1-13-7-4-2-3-6(5-10)8(7)9(11)12/h2-5H,1H3,(H,11,12). The number of aldehydes is 1. The highest BCUT2D eigenvalue weighted by Crippen LogP contribution is 2.20. The average Bonchev–Trinajstić information content (AvgIpc) is 2.16. The van der Waals surface area contributed by atoms with Crippen molar-refractivity contribution in [2.45, 2.75) is 0 Å². The van der Waals surface area contributed by atoms with Crippen molar-refractivity contribution >= 4 is 12.3 Å². The quantitative estimate of drug-likeness (QED) is 0.710. The van der Waals surface area contributed by atoms with Crippen LogP contribution in [-0.2, 0) is 0 Å². The van der Waals surface area contributed by atoms with E-state index in [9.17, 15) is 9.59 Å². The normalized spacial score (nSPS) is 9.31. The molecule has 1 aromatic rings. The van der Waals surface area contributed by atoms with Gasteiger partial charge in [-0.15, -0.1) is 0 Å². The maximum atomic E-state index is 10.7. The highest BCUT2D eigenvalue weighted by atomic mass is 16.5. The lowest BCUT2D eigenvalue weighted by molar-refractivity contribution is 0.0690. The fourth-order valence-electron chi connectivity index (χ4n) is 1.05. The lowest BCUT2D eigenvalue weighted by atomic mass is 10.1. The molecule has 0 fully saturated rings. The van der Waals surface area contributed by atoms with Crippen molar-refractivity contribution in [1.82, 2.24) is 0 Å². The van der Waals surface area contributed by atoms with E-state index in [-0.39, 0.29) is 16.9 Å². The van der Waals surface area contributed by atoms with Gasteiger partial charge in [0.2, 0.25) is 0 Å². The van der Waals surface area contributed by atoms with Crippen LogP contribution in [0.3, 0.4) is 0 Å². The predicted octanol–water partition coefficient (Wildman–Crippen LogP) is 1.21. The predicted molar refractivity (Wildman–Crippen MR) is 45.3 cm³/mol. The summed E-state index contributed by atoms with van der Waals surface area (Å²) in [4.78, 5) is 21.2. The van der Waals surface area contributed by atoms with Crippen LogP contribution in [0.1, 0.15) is 20.7 Å². The van der Waals surface area contributed by atoms with Gasteiger partial charge in [-0.05, 0) is 6.07 Å². The summed E-state index contributed by atoms with van der Waals surface area (Å²) in [5.74, 6) is -0.975. The fraction of sp³-hybridized carbons (Fsp3) is 0.111. The molecule has 0 spiro atoms. The van der Waals surface area contributed by atoms with Crippen molar-refractivity contribution in [2.75, 3.05) is 7.11 Å². The summed E-state index contributed by atoms with van der Waals surface area (Å²) in [6.45, 7) is 0. The Morgan fingerprint density at radius 1 is 1.54 bits per heavy atom. The molecule has 1 aromatic carbocycles. The third kappa shape index (κ3) is 1.66. The summed E-state index contributed by atoms with van der Waals surface area (Å²) in [5.41, 5.74) is 0.0202. The first-order valence-electron chi connectivity index (χ1n) is 3.56. The van der Waals surface area contributed by atoms with E-state index < -0.39 is 5.97 Å². The molecule has 0 saturated carbocycles. The Labute approximate surface area is 74.8 Å². The third-order valence-electron chi connectivity index (χ3n) is 1.62. The van der Waals surface area contributed by atoms with Crippen molar-refractivity contribution in [3.8, 4) is 5.75 Å². The second kappa shape index (κ2) is 3.71. The maximum Gasteiger partial charge on any atom is 0.340 e. The lowest BCUT2D eigenvalue weighted by Crippen LogP contribution is -2.04. The van der Waals surface area contributed by atoms with Crippen LogP contribution in [0.4, 0.5) is 0 Å². The molecule has 1 rings (SSSR count). The van der Waals surface area contributed by atoms with E-state index in [1.165, 1.54) is 19.2 Å². The first-order chi connectivity index (χ1) is 6.20. The molecule has 68 valence electrons. The van der Waals surface area contributed by atoms with E-state index in [1.807, 2.05) is 0 Å². The van der Waals surface area contributed by atoms with Gasteiger partial charge in [-0.2, -0.15) is 0 Å². The van der Waals surface area contributed by atoms with Gasteiger partial charge in [0.1, 0.15) is 11.3 Å². The van der Waals surface area contributed by atoms with Gasteiger partial charge in [0.25, 0.3) is 0 Å². The largest absolute Gasteiger partial charge is 0.496 e. The van der Waals surface area contributed by atoms with Crippen LogP contribution in [-0.4, -0.2) is 24.5 Å². The molecule has 0 aliphatic carbocycles. The van der Waals surface area contributed by atoms with Gasteiger partial charge in [0, 0.05) is 5.56 Å². The second-order valence-corrected chi connectivity index (χ2v) is 2.35. The molecule has 0 aliphatic rings. The van der Waals surface area contributed by atoms with Crippen molar-refractivity contribution in [1.29, 1.82) is 0 Å². The molecule has 1 N–H and O–H groups in total. The van der Waals surface area contributed by atoms with Crippen LogP contribution >= 0.6 is 0 Å². The molecule has 4 heteroatoms. The van der Waals surface area contributed by atoms with Crippen LogP contribution < -0.4 is 4.74 Å². The molecule has 0 saturated heterocycles. The summed E-state index contributed by atoms with van der Waals surface area (Å²) in [7, 11) is 1.36. The molecule has 0 atom stereocenters. The molecular formula is C9H8O4. The van der Waals surface area contributed by atoms with Gasteiger partial charge in [0.05, 0.1) is 7.11 Å². The summed E-state index contributed by atoms with van der Waals surface area (Å²) in [5, 5.41) is 8.77. The highest BCUT2D eigenvalue weighted by Gasteiger charge is 2.14. The van der Waals surface area contributed by atoms with Gasteiger partial charge in [-0.1, -0.05) is 12.1 Å². The van der Waals surface area contributed by atoms with E-state index in [1.54, 1.807) is 6.07 Å². The number of aromatic carboxylic acids is 1. The number of carboxylic acid groups (broad SMARTS) is 1. The number of carbonyl (C=O) groups excluding carboxylic acids is 1. The second-order valence-electron chi connectivity index (χ2n) is 2.35. The first kappa shape index (κ1) is 9.25. The van der Waals surface area contributed by atoms with E-state index in [0.29, 0.717) is 6.29 Å². The third-order valence-corrected chi connectivity index (χ3v) is 1.62. The summed E-state index contributed by atoms with van der Waals surface area (Å²) in [6.07, 6.45) is 0.492. The zero-order chi connectivity index (χ0) is 9.84. The Morgan fingerprint density at radius 3 is 2.69 bits per heavy atom. The molecule has 0 unspecified atom stereocenters. The van der Waals surface area contributed by atoms with Gasteiger partial charge in [-0.3, -0.25) is 4.79 Å². The molecule has 13 heavy (non-hydrogen) atoms. The topological polar surface area (TPSA) is 63.6 Å². The van der Waals surface area contributed by atoms with Crippen molar-refractivity contribution in [3.63, 3.8) is 0 Å². The number of carbonyl (C=O) groups is 2. The minimum absolute atomic E-state index is 0.0972. The fourth-order valence-corrected chi connectivity index (χ4v) is 1.05. The Morgan fingerprint density at radius 2 is 2.23 bits per heavy atom. The minimum atomic E-state index is -1.17. The van der Waals surface area contributed by atoms with Crippen LogP contribution in [0.5, 0.6) is 5.75 Å². The number of benzene rings is 1. The molecule has 0 heterocycles. The molecule has 0 amide bonds. The number of hydrogen-bond acceptors (Lipinski definition) is 3. The summed E-state index contributed by atoms with van der Waals surface area (Å²) < 4.78 is 4.81. The Hall–Kier alpha value is -1.84. The van der Waals surface area contributed by atoms with Crippen LogP contribution in [0.25, 0.3) is 0 Å². The summed E-state index contributed by atoms with van der Waals surface area (Å²) >= 11 is 0. The van der Waals surface area contributed by atoms with Crippen molar-refractivity contribution < 1.29 is 19.4 Å². The minimum Gasteiger partial charge on any atom is -0.496 e. The van der Waals surface area contributed by atoms with Crippen LogP contribution in [0, 0.1) is 0 Å². The zero-order valence-electron chi connectivity index (χ0n) is 6.98. The highest BCUT2D eigenvalue weighted by molar-refractivity contribution is 5.99. The zero-order valence-corrected chi connectivity index (χ0v) is 6.98. The molecule has 4 nitrogen and oxygen atoms in total.